The number of H-pyrrole nitrogens is 1. The molecule has 2 heterocycles. The van der Waals surface area contributed by atoms with Crippen molar-refractivity contribution in [2.24, 2.45) is 0 Å². The lowest BCUT2D eigenvalue weighted by atomic mass is 9.92. The van der Waals surface area contributed by atoms with Crippen molar-refractivity contribution in [3.05, 3.63) is 113 Å². The Morgan fingerprint density at radius 2 is 1.73 bits per heavy atom. The molecular formula is C27H21FN2O3. The van der Waals surface area contributed by atoms with Crippen LogP contribution in [0, 0.1) is 5.82 Å². The summed E-state index contributed by atoms with van der Waals surface area (Å²) in [5.41, 5.74) is 4.89. The highest BCUT2D eigenvalue weighted by atomic mass is 19.1. The number of fused-ring (bicyclic) bond motifs is 3. The maximum absolute atomic E-state index is 13.6. The zero-order valence-corrected chi connectivity index (χ0v) is 17.7. The molecule has 4 aromatic rings. The predicted molar refractivity (Wildman–Crippen MR) is 124 cm³/mol. The van der Waals surface area contributed by atoms with E-state index in [2.05, 4.69) is 11.1 Å². The van der Waals surface area contributed by atoms with Gasteiger partial charge >= 0.3 is 5.97 Å². The summed E-state index contributed by atoms with van der Waals surface area (Å²) < 4.78 is 13.6. The van der Waals surface area contributed by atoms with Crippen LogP contribution in [0.2, 0.25) is 0 Å². The number of aromatic nitrogens is 1. The van der Waals surface area contributed by atoms with Crippen LogP contribution < -0.4 is 0 Å². The SMILES string of the molecule is O=C(O)c1ccc(C=CC(=O)N2CCc3c([nH]c4ccccc34)C2c2ccc(F)cc2)cc1. The molecule has 33 heavy (non-hydrogen) atoms. The van der Waals surface area contributed by atoms with E-state index < -0.39 is 5.97 Å². The van der Waals surface area contributed by atoms with Crippen molar-refractivity contribution in [2.45, 2.75) is 12.5 Å². The maximum Gasteiger partial charge on any atom is 0.335 e. The summed E-state index contributed by atoms with van der Waals surface area (Å²) >= 11 is 0. The van der Waals surface area contributed by atoms with E-state index in [4.69, 9.17) is 5.11 Å². The zero-order chi connectivity index (χ0) is 22.9. The third-order valence-corrected chi connectivity index (χ3v) is 6.08. The summed E-state index contributed by atoms with van der Waals surface area (Å²) in [5, 5.41) is 10.2. The second kappa shape index (κ2) is 8.39. The Hall–Kier alpha value is -4.19. The topological polar surface area (TPSA) is 73.4 Å². The van der Waals surface area contributed by atoms with Crippen molar-refractivity contribution >= 4 is 28.9 Å². The molecule has 0 spiro atoms. The van der Waals surface area contributed by atoms with Crippen LogP contribution in [0.15, 0.2) is 78.9 Å². The standard InChI is InChI=1S/C27H21FN2O3/c28-20-12-10-18(11-13-20)26-25-22(21-3-1-2-4-23(21)29-25)15-16-30(26)24(31)14-7-17-5-8-19(9-6-17)27(32)33/h1-14,26,29H,15-16H2,(H,32,33). The number of amides is 1. The molecule has 0 saturated heterocycles. The first-order valence-corrected chi connectivity index (χ1v) is 10.7. The molecule has 0 radical (unpaired) electrons. The fourth-order valence-electron chi connectivity index (χ4n) is 4.47. The minimum Gasteiger partial charge on any atom is -0.478 e. The minimum absolute atomic E-state index is 0.170. The van der Waals surface area contributed by atoms with Crippen molar-refractivity contribution in [2.75, 3.05) is 6.54 Å². The van der Waals surface area contributed by atoms with E-state index in [-0.39, 0.29) is 23.3 Å². The highest BCUT2D eigenvalue weighted by Crippen LogP contribution is 2.38. The Morgan fingerprint density at radius 3 is 2.45 bits per heavy atom. The quantitative estimate of drug-likeness (QED) is 0.429. The van der Waals surface area contributed by atoms with E-state index in [9.17, 15) is 14.0 Å². The summed E-state index contributed by atoms with van der Waals surface area (Å²) in [6.07, 6.45) is 3.89. The number of hydrogen-bond donors (Lipinski definition) is 2. The first-order valence-electron chi connectivity index (χ1n) is 10.7. The number of benzene rings is 3. The van der Waals surface area contributed by atoms with Crippen molar-refractivity contribution in [1.82, 2.24) is 9.88 Å². The Morgan fingerprint density at radius 1 is 1.00 bits per heavy atom. The highest BCUT2D eigenvalue weighted by Gasteiger charge is 2.33. The number of carbonyl (C=O) groups is 2. The molecule has 0 aliphatic carbocycles. The zero-order valence-electron chi connectivity index (χ0n) is 17.7. The van der Waals surface area contributed by atoms with Gasteiger partial charge in [-0.25, -0.2) is 9.18 Å². The summed E-state index contributed by atoms with van der Waals surface area (Å²) in [6, 6.07) is 20.3. The van der Waals surface area contributed by atoms with Crippen LogP contribution in [0.3, 0.4) is 0 Å². The number of rotatable bonds is 4. The van der Waals surface area contributed by atoms with Gasteiger partial charge in [-0.1, -0.05) is 42.5 Å². The lowest BCUT2D eigenvalue weighted by Crippen LogP contribution is -2.39. The molecule has 1 aliphatic heterocycles. The van der Waals surface area contributed by atoms with E-state index in [0.29, 0.717) is 13.0 Å². The van der Waals surface area contributed by atoms with Crippen LogP contribution in [-0.4, -0.2) is 33.4 Å². The number of aromatic carboxylic acids is 1. The molecule has 1 unspecified atom stereocenters. The Balaban J connectivity index is 1.50. The molecule has 0 bridgehead atoms. The van der Waals surface area contributed by atoms with E-state index >= 15 is 0 Å². The number of nitrogens with zero attached hydrogens (tertiary/aromatic N) is 1. The van der Waals surface area contributed by atoms with Crippen LogP contribution in [-0.2, 0) is 11.2 Å². The predicted octanol–water partition coefficient (Wildman–Crippen LogP) is 5.19. The molecule has 164 valence electrons. The Labute approximate surface area is 189 Å². The average molecular weight is 440 g/mol. The molecule has 0 fully saturated rings. The normalized spacial score (nSPS) is 15.7. The molecule has 5 rings (SSSR count). The number of carboxylic acid groups (broad SMARTS) is 1. The van der Waals surface area contributed by atoms with Crippen molar-refractivity contribution in [3.63, 3.8) is 0 Å². The minimum atomic E-state index is -0.994. The number of para-hydroxylation sites is 1. The van der Waals surface area contributed by atoms with Gasteiger partial charge in [0.1, 0.15) is 5.82 Å². The van der Waals surface area contributed by atoms with E-state index in [1.807, 2.05) is 18.2 Å². The lowest BCUT2D eigenvalue weighted by Gasteiger charge is -2.35. The van der Waals surface area contributed by atoms with Gasteiger partial charge in [0.05, 0.1) is 11.6 Å². The first kappa shape index (κ1) is 20.7. The molecule has 1 aliphatic rings. The molecule has 1 amide bonds. The maximum atomic E-state index is 13.6. The van der Waals surface area contributed by atoms with Crippen LogP contribution in [0.25, 0.3) is 17.0 Å². The summed E-state index contributed by atoms with van der Waals surface area (Å²) in [4.78, 5) is 29.6. The van der Waals surface area contributed by atoms with Gasteiger partial charge in [0.15, 0.2) is 0 Å². The summed E-state index contributed by atoms with van der Waals surface area (Å²) in [7, 11) is 0. The lowest BCUT2D eigenvalue weighted by molar-refractivity contribution is -0.128. The molecule has 6 heteroatoms. The van der Waals surface area contributed by atoms with Crippen LogP contribution >= 0.6 is 0 Å². The van der Waals surface area contributed by atoms with Gasteiger partial charge in [-0.05, 0) is 59.5 Å². The Kier molecular flexibility index (Phi) is 5.26. The fourth-order valence-corrected chi connectivity index (χ4v) is 4.47. The first-order chi connectivity index (χ1) is 16.0. The second-order valence-electron chi connectivity index (χ2n) is 8.06. The van der Waals surface area contributed by atoms with Gasteiger partial charge in [-0.15, -0.1) is 0 Å². The van der Waals surface area contributed by atoms with Crippen LogP contribution in [0.1, 0.15) is 38.8 Å². The second-order valence-corrected chi connectivity index (χ2v) is 8.06. The third-order valence-electron chi connectivity index (χ3n) is 6.08. The highest BCUT2D eigenvalue weighted by molar-refractivity contribution is 5.94. The molecule has 2 N–H and O–H groups in total. The van der Waals surface area contributed by atoms with Gasteiger partial charge < -0.3 is 15.0 Å². The molecule has 1 atom stereocenters. The molecule has 5 nitrogen and oxygen atoms in total. The Bertz CT molecular complexity index is 1370. The van der Waals surface area contributed by atoms with E-state index in [1.165, 1.54) is 35.9 Å². The van der Waals surface area contributed by atoms with Crippen molar-refractivity contribution in [1.29, 1.82) is 0 Å². The van der Waals surface area contributed by atoms with Crippen LogP contribution in [0.4, 0.5) is 4.39 Å². The molecule has 3 aromatic carbocycles. The smallest absolute Gasteiger partial charge is 0.335 e. The number of aromatic amines is 1. The fraction of sp³-hybridized carbons (Fsp3) is 0.111. The monoisotopic (exact) mass is 440 g/mol. The summed E-state index contributed by atoms with van der Waals surface area (Å²) in [6.45, 7) is 0.526. The van der Waals surface area contributed by atoms with Gasteiger partial charge in [0, 0.05) is 29.2 Å². The number of nitrogens with one attached hydrogen (secondary N) is 1. The van der Waals surface area contributed by atoms with E-state index in [1.54, 1.807) is 35.2 Å². The molecule has 0 saturated carbocycles. The number of hydrogen-bond acceptors (Lipinski definition) is 2. The van der Waals surface area contributed by atoms with E-state index in [0.717, 1.165) is 27.7 Å². The molecule has 1 aromatic heterocycles. The summed E-state index contributed by atoms with van der Waals surface area (Å²) in [5.74, 6) is -1.49. The largest absolute Gasteiger partial charge is 0.478 e. The van der Waals surface area contributed by atoms with Crippen LogP contribution in [0.5, 0.6) is 0 Å². The third kappa shape index (κ3) is 3.91. The number of carbonyl (C=O) groups excluding carboxylic acids is 1. The van der Waals surface area contributed by atoms with Crippen molar-refractivity contribution < 1.29 is 19.1 Å². The average Bonchev–Trinajstić information content (AvgIpc) is 3.21. The van der Waals surface area contributed by atoms with Gasteiger partial charge in [0.25, 0.3) is 0 Å². The molecular weight excluding hydrogens is 419 g/mol. The van der Waals surface area contributed by atoms with Gasteiger partial charge in [-0.3, -0.25) is 4.79 Å². The van der Waals surface area contributed by atoms with Gasteiger partial charge in [0.2, 0.25) is 5.91 Å². The number of carboxylic acids is 1. The van der Waals surface area contributed by atoms with Gasteiger partial charge in [-0.2, -0.15) is 0 Å². The van der Waals surface area contributed by atoms with Crippen molar-refractivity contribution in [3.8, 4) is 0 Å². The number of halogens is 1.